The second-order valence-corrected chi connectivity index (χ2v) is 4.64. The fourth-order valence-corrected chi connectivity index (χ4v) is 2.10. The molecule has 2 aromatic carbocycles. The Morgan fingerprint density at radius 2 is 1.80 bits per heavy atom. The van der Waals surface area contributed by atoms with Crippen LogP contribution in [0.2, 0.25) is 0 Å². The summed E-state index contributed by atoms with van der Waals surface area (Å²) in [6, 6.07) is 15.7. The number of rotatable bonds is 5. The van der Waals surface area contributed by atoms with Gasteiger partial charge in [0.1, 0.15) is 16.5 Å². The minimum atomic E-state index is 0.661. The lowest BCUT2D eigenvalue weighted by Crippen LogP contribution is -2.22. The molecule has 0 spiro atoms. The summed E-state index contributed by atoms with van der Waals surface area (Å²) in [7, 11) is 3.25. The van der Waals surface area contributed by atoms with E-state index in [2.05, 4.69) is 17.4 Å². The summed E-state index contributed by atoms with van der Waals surface area (Å²) in [5.74, 6) is 1.45. The number of benzene rings is 2. The van der Waals surface area contributed by atoms with Gasteiger partial charge in [-0.15, -0.1) is 0 Å². The first-order valence-corrected chi connectivity index (χ1v) is 6.69. The summed E-state index contributed by atoms with van der Waals surface area (Å²) in [4.78, 5) is 0.661. The van der Waals surface area contributed by atoms with Crippen molar-refractivity contribution in [3.8, 4) is 11.5 Å². The van der Waals surface area contributed by atoms with E-state index in [9.17, 15) is 0 Å². The van der Waals surface area contributed by atoms with Gasteiger partial charge < -0.3 is 14.8 Å². The molecule has 0 heterocycles. The highest BCUT2D eigenvalue weighted by Gasteiger charge is 2.09. The van der Waals surface area contributed by atoms with Crippen LogP contribution in [0, 0.1) is 0 Å². The molecule has 0 bridgehead atoms. The summed E-state index contributed by atoms with van der Waals surface area (Å²) in [6.07, 6.45) is 0. The van der Waals surface area contributed by atoms with Crippen molar-refractivity contribution in [2.75, 3.05) is 14.2 Å². The average molecular weight is 287 g/mol. The van der Waals surface area contributed by atoms with Crippen molar-refractivity contribution in [2.45, 2.75) is 6.54 Å². The lowest BCUT2D eigenvalue weighted by Gasteiger charge is -2.13. The molecule has 2 aromatic rings. The first-order chi connectivity index (χ1) is 9.74. The molecular weight excluding hydrogens is 270 g/mol. The number of ether oxygens (including phenoxy) is 2. The topological polar surface area (TPSA) is 30.5 Å². The molecular formula is C16H17NO2S. The molecule has 4 heteroatoms. The quantitative estimate of drug-likeness (QED) is 0.856. The molecule has 0 unspecified atom stereocenters. The molecule has 0 atom stereocenters. The number of nitrogens with one attached hydrogen (secondary N) is 1. The van der Waals surface area contributed by atoms with Crippen LogP contribution < -0.4 is 14.8 Å². The molecule has 0 saturated heterocycles. The van der Waals surface area contributed by atoms with Crippen LogP contribution in [0.3, 0.4) is 0 Å². The lowest BCUT2D eigenvalue weighted by atomic mass is 10.1. The normalized spacial score (nSPS) is 9.90. The van der Waals surface area contributed by atoms with Crippen LogP contribution in [0.4, 0.5) is 0 Å². The predicted octanol–water partition coefficient (Wildman–Crippen LogP) is 3.17. The maximum Gasteiger partial charge on any atom is 0.132 e. The molecule has 20 heavy (non-hydrogen) atoms. The van der Waals surface area contributed by atoms with E-state index >= 15 is 0 Å². The van der Waals surface area contributed by atoms with Crippen LogP contribution in [0.5, 0.6) is 11.5 Å². The van der Waals surface area contributed by atoms with Crippen LogP contribution in [-0.4, -0.2) is 19.2 Å². The molecule has 0 aliphatic heterocycles. The van der Waals surface area contributed by atoms with Gasteiger partial charge in [0.25, 0.3) is 0 Å². The third-order valence-corrected chi connectivity index (χ3v) is 3.31. The zero-order valence-corrected chi connectivity index (χ0v) is 12.4. The van der Waals surface area contributed by atoms with Crippen molar-refractivity contribution >= 4 is 17.2 Å². The Morgan fingerprint density at radius 1 is 1.05 bits per heavy atom. The Balaban J connectivity index is 2.09. The van der Waals surface area contributed by atoms with Gasteiger partial charge >= 0.3 is 0 Å². The van der Waals surface area contributed by atoms with E-state index in [1.165, 1.54) is 5.56 Å². The van der Waals surface area contributed by atoms with Gasteiger partial charge in [-0.2, -0.15) is 0 Å². The molecule has 1 N–H and O–H groups in total. The standard InChI is InChI=1S/C16H17NO2S/c1-18-13-8-9-14(15(10-13)19-2)16(20)17-11-12-6-4-3-5-7-12/h3-10H,11H2,1-2H3,(H,17,20). The maximum absolute atomic E-state index is 5.42. The predicted molar refractivity (Wildman–Crippen MR) is 84.5 cm³/mol. The van der Waals surface area contributed by atoms with E-state index in [-0.39, 0.29) is 0 Å². The molecule has 104 valence electrons. The van der Waals surface area contributed by atoms with Crippen molar-refractivity contribution in [1.29, 1.82) is 0 Å². The first kappa shape index (κ1) is 14.3. The number of thiocarbonyl (C=S) groups is 1. The van der Waals surface area contributed by atoms with Crippen molar-refractivity contribution in [2.24, 2.45) is 0 Å². The van der Waals surface area contributed by atoms with Crippen LogP contribution in [0.15, 0.2) is 48.5 Å². The van der Waals surface area contributed by atoms with Gasteiger partial charge in [-0.1, -0.05) is 42.5 Å². The van der Waals surface area contributed by atoms with E-state index in [0.717, 1.165) is 11.3 Å². The Kier molecular flexibility index (Phi) is 4.96. The highest BCUT2D eigenvalue weighted by Crippen LogP contribution is 2.24. The second-order valence-electron chi connectivity index (χ2n) is 4.23. The highest BCUT2D eigenvalue weighted by molar-refractivity contribution is 7.80. The van der Waals surface area contributed by atoms with Crippen molar-refractivity contribution in [3.05, 3.63) is 59.7 Å². The molecule has 2 rings (SSSR count). The van der Waals surface area contributed by atoms with Crippen molar-refractivity contribution in [3.63, 3.8) is 0 Å². The minimum Gasteiger partial charge on any atom is -0.497 e. The molecule has 0 aliphatic carbocycles. The summed E-state index contributed by atoms with van der Waals surface area (Å²) >= 11 is 5.42. The summed E-state index contributed by atoms with van der Waals surface area (Å²) in [5.41, 5.74) is 2.04. The van der Waals surface area contributed by atoms with Gasteiger partial charge in [0.05, 0.1) is 19.8 Å². The Labute approximate surface area is 124 Å². The number of hydrogen-bond donors (Lipinski definition) is 1. The fourth-order valence-electron chi connectivity index (χ4n) is 1.86. The molecule has 0 aromatic heterocycles. The Bertz CT molecular complexity index is 584. The van der Waals surface area contributed by atoms with Gasteiger partial charge in [0.15, 0.2) is 0 Å². The molecule has 0 amide bonds. The van der Waals surface area contributed by atoms with Gasteiger partial charge in [0.2, 0.25) is 0 Å². The van der Waals surface area contributed by atoms with Gasteiger partial charge in [-0.3, -0.25) is 0 Å². The first-order valence-electron chi connectivity index (χ1n) is 6.28. The summed E-state index contributed by atoms with van der Waals surface area (Å²) in [5, 5.41) is 3.24. The molecule has 3 nitrogen and oxygen atoms in total. The van der Waals surface area contributed by atoms with E-state index in [4.69, 9.17) is 21.7 Å². The fraction of sp³-hybridized carbons (Fsp3) is 0.188. The van der Waals surface area contributed by atoms with Gasteiger partial charge in [0, 0.05) is 12.6 Å². The SMILES string of the molecule is COc1ccc(C(=S)NCc2ccccc2)c(OC)c1. The van der Waals surface area contributed by atoms with Gasteiger partial charge in [-0.05, 0) is 17.7 Å². The second kappa shape index (κ2) is 6.91. The van der Waals surface area contributed by atoms with E-state index in [0.29, 0.717) is 17.3 Å². The summed E-state index contributed by atoms with van der Waals surface area (Å²) < 4.78 is 10.5. The average Bonchev–Trinajstić information content (AvgIpc) is 2.52. The Hall–Kier alpha value is -2.07. The van der Waals surface area contributed by atoms with Crippen LogP contribution in [0.25, 0.3) is 0 Å². The zero-order valence-electron chi connectivity index (χ0n) is 11.6. The third-order valence-electron chi connectivity index (χ3n) is 2.95. The molecule has 0 radical (unpaired) electrons. The maximum atomic E-state index is 5.42. The summed E-state index contributed by atoms with van der Waals surface area (Å²) in [6.45, 7) is 0.689. The van der Waals surface area contributed by atoms with Gasteiger partial charge in [-0.25, -0.2) is 0 Å². The van der Waals surface area contributed by atoms with Crippen LogP contribution >= 0.6 is 12.2 Å². The molecule has 0 aliphatic rings. The van der Waals surface area contributed by atoms with E-state index in [1.807, 2.05) is 36.4 Å². The third kappa shape index (κ3) is 3.48. The number of hydrogen-bond acceptors (Lipinski definition) is 3. The van der Waals surface area contributed by atoms with E-state index < -0.39 is 0 Å². The monoisotopic (exact) mass is 287 g/mol. The van der Waals surface area contributed by atoms with Crippen LogP contribution in [0.1, 0.15) is 11.1 Å². The largest absolute Gasteiger partial charge is 0.497 e. The lowest BCUT2D eigenvalue weighted by molar-refractivity contribution is 0.394. The van der Waals surface area contributed by atoms with Crippen molar-refractivity contribution < 1.29 is 9.47 Å². The smallest absolute Gasteiger partial charge is 0.132 e. The van der Waals surface area contributed by atoms with E-state index in [1.54, 1.807) is 14.2 Å². The van der Waals surface area contributed by atoms with Crippen LogP contribution in [-0.2, 0) is 6.54 Å². The molecule has 0 saturated carbocycles. The Morgan fingerprint density at radius 3 is 2.45 bits per heavy atom. The zero-order chi connectivity index (χ0) is 14.4. The van der Waals surface area contributed by atoms with Crippen molar-refractivity contribution in [1.82, 2.24) is 5.32 Å². The minimum absolute atomic E-state index is 0.661. The molecule has 0 fully saturated rings. The highest BCUT2D eigenvalue weighted by atomic mass is 32.1. The number of methoxy groups -OCH3 is 2.